The molecule has 0 bridgehead atoms. The van der Waals surface area contributed by atoms with Gasteiger partial charge in [-0.15, -0.1) is 0 Å². The van der Waals surface area contributed by atoms with Gasteiger partial charge in [0.2, 0.25) is 0 Å². The van der Waals surface area contributed by atoms with Crippen LogP contribution in [-0.4, -0.2) is 16.9 Å². The molecule has 0 radical (unpaired) electrons. The van der Waals surface area contributed by atoms with Gasteiger partial charge in [-0.05, 0) is 24.3 Å². The summed E-state index contributed by atoms with van der Waals surface area (Å²) in [6, 6.07) is 5.07. The topological polar surface area (TPSA) is 54.4 Å². The van der Waals surface area contributed by atoms with E-state index in [0.29, 0.717) is 5.56 Å². The highest BCUT2D eigenvalue weighted by molar-refractivity contribution is 5.97. The quantitative estimate of drug-likeness (QED) is 0.774. The van der Waals surface area contributed by atoms with Gasteiger partial charge in [0.15, 0.2) is 5.78 Å². The Hall–Kier alpha value is -1.71. The molecule has 0 spiro atoms. The van der Waals surface area contributed by atoms with E-state index in [1.165, 1.54) is 31.2 Å². The molecular weight excluding hydrogens is 199 g/mol. The van der Waals surface area contributed by atoms with Gasteiger partial charge in [0.25, 0.3) is 0 Å². The molecule has 15 heavy (non-hydrogen) atoms. The molecule has 4 heteroatoms. The standard InChI is InChI=1S/C11H11FO3/c1-7(11(14)15)6-10(13)8-2-4-9(12)5-3-8/h2-5,7H,6H2,1H3,(H,14,15)/t7-/m0/s1. The smallest absolute Gasteiger partial charge is 0.306 e. The van der Waals surface area contributed by atoms with Crippen LogP contribution in [0.25, 0.3) is 0 Å². The summed E-state index contributed by atoms with van der Waals surface area (Å²) in [6.45, 7) is 1.46. The zero-order valence-electron chi connectivity index (χ0n) is 8.24. The summed E-state index contributed by atoms with van der Waals surface area (Å²) >= 11 is 0. The Morgan fingerprint density at radius 2 is 1.87 bits per heavy atom. The van der Waals surface area contributed by atoms with Crippen molar-refractivity contribution >= 4 is 11.8 Å². The van der Waals surface area contributed by atoms with Crippen molar-refractivity contribution in [1.82, 2.24) is 0 Å². The average molecular weight is 210 g/mol. The molecular formula is C11H11FO3. The second kappa shape index (κ2) is 4.68. The molecule has 0 amide bonds. The van der Waals surface area contributed by atoms with Gasteiger partial charge in [-0.25, -0.2) is 4.39 Å². The number of carboxylic acid groups (broad SMARTS) is 1. The number of rotatable bonds is 4. The van der Waals surface area contributed by atoms with Crippen LogP contribution in [0.15, 0.2) is 24.3 Å². The molecule has 0 aliphatic carbocycles. The number of hydrogen-bond donors (Lipinski definition) is 1. The molecule has 1 aromatic carbocycles. The molecule has 0 unspecified atom stereocenters. The first-order chi connectivity index (χ1) is 7.00. The second-order valence-corrected chi connectivity index (χ2v) is 3.37. The zero-order chi connectivity index (χ0) is 11.4. The van der Waals surface area contributed by atoms with Crippen molar-refractivity contribution in [2.24, 2.45) is 5.92 Å². The molecule has 1 N–H and O–H groups in total. The Kier molecular flexibility index (Phi) is 3.55. The van der Waals surface area contributed by atoms with Crippen molar-refractivity contribution in [3.05, 3.63) is 35.6 Å². The van der Waals surface area contributed by atoms with Gasteiger partial charge in [0.05, 0.1) is 5.92 Å². The predicted octanol–water partition coefficient (Wildman–Crippen LogP) is 2.12. The lowest BCUT2D eigenvalue weighted by Gasteiger charge is -2.04. The minimum absolute atomic E-state index is 0.0685. The number of halogens is 1. The molecule has 0 saturated carbocycles. The van der Waals surface area contributed by atoms with E-state index in [4.69, 9.17) is 5.11 Å². The molecule has 0 saturated heterocycles. The lowest BCUT2D eigenvalue weighted by atomic mass is 10.00. The Bertz CT molecular complexity index is 370. The highest BCUT2D eigenvalue weighted by Gasteiger charge is 2.16. The molecule has 1 atom stereocenters. The fourth-order valence-corrected chi connectivity index (χ4v) is 1.12. The van der Waals surface area contributed by atoms with Crippen molar-refractivity contribution in [2.45, 2.75) is 13.3 Å². The lowest BCUT2D eigenvalue weighted by Crippen LogP contribution is -2.14. The maximum atomic E-state index is 12.5. The first-order valence-electron chi connectivity index (χ1n) is 4.52. The minimum Gasteiger partial charge on any atom is -0.481 e. The van der Waals surface area contributed by atoms with Gasteiger partial charge in [0.1, 0.15) is 5.82 Å². The fourth-order valence-electron chi connectivity index (χ4n) is 1.12. The van der Waals surface area contributed by atoms with Gasteiger partial charge in [-0.3, -0.25) is 9.59 Å². The summed E-state index contributed by atoms with van der Waals surface area (Å²) in [6.07, 6.45) is -0.0685. The molecule has 3 nitrogen and oxygen atoms in total. The summed E-state index contributed by atoms with van der Waals surface area (Å²) < 4.78 is 12.5. The molecule has 0 heterocycles. The van der Waals surface area contributed by atoms with Gasteiger partial charge in [-0.1, -0.05) is 6.92 Å². The van der Waals surface area contributed by atoms with E-state index in [1.54, 1.807) is 0 Å². The first kappa shape index (κ1) is 11.4. The number of carboxylic acids is 1. The summed E-state index contributed by atoms with van der Waals surface area (Å²) in [4.78, 5) is 22.0. The number of hydrogen-bond acceptors (Lipinski definition) is 2. The normalized spacial score (nSPS) is 12.1. The van der Waals surface area contributed by atoms with Crippen LogP contribution in [0.4, 0.5) is 4.39 Å². The van der Waals surface area contributed by atoms with Crippen molar-refractivity contribution in [1.29, 1.82) is 0 Å². The van der Waals surface area contributed by atoms with E-state index in [1.807, 2.05) is 0 Å². The van der Waals surface area contributed by atoms with Crippen molar-refractivity contribution in [2.75, 3.05) is 0 Å². The van der Waals surface area contributed by atoms with Crippen LogP contribution in [-0.2, 0) is 4.79 Å². The summed E-state index contributed by atoms with van der Waals surface area (Å²) in [5.41, 5.74) is 0.338. The Labute approximate surface area is 86.5 Å². The summed E-state index contributed by atoms with van der Waals surface area (Å²) in [5.74, 6) is -2.43. The third-order valence-electron chi connectivity index (χ3n) is 2.08. The molecule has 80 valence electrons. The van der Waals surface area contributed by atoms with Crippen molar-refractivity contribution < 1.29 is 19.1 Å². The van der Waals surface area contributed by atoms with Gasteiger partial charge >= 0.3 is 5.97 Å². The van der Waals surface area contributed by atoms with Crippen LogP contribution < -0.4 is 0 Å². The largest absolute Gasteiger partial charge is 0.481 e. The van der Waals surface area contributed by atoms with E-state index in [2.05, 4.69) is 0 Å². The SMILES string of the molecule is C[C@@H](CC(=O)c1ccc(F)cc1)C(=O)O. The molecule has 0 aromatic heterocycles. The molecule has 1 aromatic rings. The van der Waals surface area contributed by atoms with Gasteiger partial charge in [-0.2, -0.15) is 0 Å². The van der Waals surface area contributed by atoms with Crippen LogP contribution in [0.1, 0.15) is 23.7 Å². The zero-order valence-corrected chi connectivity index (χ0v) is 8.24. The van der Waals surface area contributed by atoms with Crippen LogP contribution in [0, 0.1) is 11.7 Å². The molecule has 1 rings (SSSR count). The van der Waals surface area contributed by atoms with Crippen LogP contribution >= 0.6 is 0 Å². The Morgan fingerprint density at radius 3 is 2.33 bits per heavy atom. The maximum absolute atomic E-state index is 12.5. The number of Topliss-reactive ketones (excluding diaryl/α,β-unsaturated/α-hetero) is 1. The van der Waals surface area contributed by atoms with E-state index < -0.39 is 17.7 Å². The maximum Gasteiger partial charge on any atom is 0.306 e. The Balaban J connectivity index is 2.69. The van der Waals surface area contributed by atoms with Crippen LogP contribution in [0.5, 0.6) is 0 Å². The number of carbonyl (C=O) groups is 2. The predicted molar refractivity (Wildman–Crippen MR) is 52.1 cm³/mol. The lowest BCUT2D eigenvalue weighted by molar-refractivity contribution is -0.141. The van der Waals surface area contributed by atoms with E-state index in [9.17, 15) is 14.0 Å². The van der Waals surface area contributed by atoms with Gasteiger partial charge in [0, 0.05) is 12.0 Å². The monoisotopic (exact) mass is 210 g/mol. The van der Waals surface area contributed by atoms with E-state index in [0.717, 1.165) is 0 Å². The highest BCUT2D eigenvalue weighted by atomic mass is 19.1. The van der Waals surface area contributed by atoms with Crippen LogP contribution in [0.3, 0.4) is 0 Å². The summed E-state index contributed by atoms with van der Waals surface area (Å²) in [7, 11) is 0. The fraction of sp³-hybridized carbons (Fsp3) is 0.273. The molecule has 0 aliphatic heterocycles. The average Bonchev–Trinajstić information content (AvgIpc) is 2.18. The number of carbonyl (C=O) groups excluding carboxylic acids is 1. The third kappa shape index (κ3) is 3.16. The van der Waals surface area contributed by atoms with E-state index >= 15 is 0 Å². The molecule has 0 aliphatic rings. The molecule has 0 fully saturated rings. The number of ketones is 1. The highest BCUT2D eigenvalue weighted by Crippen LogP contribution is 2.10. The van der Waals surface area contributed by atoms with E-state index in [-0.39, 0.29) is 12.2 Å². The number of benzene rings is 1. The third-order valence-corrected chi connectivity index (χ3v) is 2.08. The van der Waals surface area contributed by atoms with Crippen LogP contribution in [0.2, 0.25) is 0 Å². The summed E-state index contributed by atoms with van der Waals surface area (Å²) in [5, 5.41) is 8.61. The Morgan fingerprint density at radius 1 is 1.33 bits per heavy atom. The van der Waals surface area contributed by atoms with Gasteiger partial charge < -0.3 is 5.11 Å². The number of aliphatic carboxylic acids is 1. The second-order valence-electron chi connectivity index (χ2n) is 3.37. The first-order valence-corrected chi connectivity index (χ1v) is 4.52. The van der Waals surface area contributed by atoms with Crippen molar-refractivity contribution in [3.8, 4) is 0 Å². The minimum atomic E-state index is -1.01. The van der Waals surface area contributed by atoms with Crippen molar-refractivity contribution in [3.63, 3.8) is 0 Å².